The van der Waals surface area contributed by atoms with Crippen LogP contribution in [0, 0.1) is 35.5 Å². The number of hydrogen-bond acceptors (Lipinski definition) is 3. The molecule has 6 rings (SSSR count). The predicted molar refractivity (Wildman–Crippen MR) is 69.0 cm³/mol. The van der Waals surface area contributed by atoms with Gasteiger partial charge >= 0.3 is 0 Å². The van der Waals surface area contributed by atoms with Crippen molar-refractivity contribution in [2.45, 2.75) is 13.0 Å². The molecule has 4 heteroatoms. The first-order valence-electron chi connectivity index (χ1n) is 7.31. The van der Waals surface area contributed by atoms with Crippen LogP contribution in [0.1, 0.15) is 12.2 Å². The summed E-state index contributed by atoms with van der Waals surface area (Å²) in [5, 5.41) is 0. The van der Waals surface area contributed by atoms with Gasteiger partial charge in [0.25, 0.3) is 0 Å². The van der Waals surface area contributed by atoms with Gasteiger partial charge in [0.15, 0.2) is 0 Å². The summed E-state index contributed by atoms with van der Waals surface area (Å²) in [5.41, 5.74) is 0. The van der Waals surface area contributed by atoms with Crippen molar-refractivity contribution in [3.8, 4) is 0 Å². The topological polar surface area (TPSA) is 50.5 Å². The molecule has 1 aromatic rings. The molecule has 2 amide bonds. The number of furan rings is 1. The Labute approximate surface area is 116 Å². The zero-order valence-electron chi connectivity index (χ0n) is 10.9. The number of rotatable bonds is 2. The first kappa shape index (κ1) is 10.9. The standard InChI is InChI=1S/C16H15NO3/c18-15-13-9-3-4-10(12-6-11(9)12)14(13)16(19)17(15)7-8-2-1-5-20-8/h1-5,9-14H,6-7H2/t9-,10+,11-,12-,13+,14+/m1/s1. The summed E-state index contributed by atoms with van der Waals surface area (Å²) in [4.78, 5) is 26.7. The molecule has 1 aromatic heterocycles. The summed E-state index contributed by atoms with van der Waals surface area (Å²) in [6, 6.07) is 3.60. The van der Waals surface area contributed by atoms with Gasteiger partial charge in [-0.1, -0.05) is 12.2 Å². The number of hydrogen-bond donors (Lipinski definition) is 0. The van der Waals surface area contributed by atoms with Gasteiger partial charge in [-0.05, 0) is 42.2 Å². The molecule has 4 nitrogen and oxygen atoms in total. The SMILES string of the molecule is O=C1[C@H]2[C@@H]3C=C[C@@H]([C@H]4C[C@H]34)[C@@H]2C(=O)N1Cc1ccco1. The first-order valence-corrected chi connectivity index (χ1v) is 7.31. The lowest BCUT2D eigenvalue weighted by molar-refractivity contribution is -0.141. The van der Waals surface area contributed by atoms with Gasteiger partial charge < -0.3 is 4.42 Å². The van der Waals surface area contributed by atoms with Crippen LogP contribution in [0.4, 0.5) is 0 Å². The van der Waals surface area contributed by atoms with Crippen molar-refractivity contribution in [3.05, 3.63) is 36.3 Å². The minimum atomic E-state index is -0.101. The maximum Gasteiger partial charge on any atom is 0.234 e. The van der Waals surface area contributed by atoms with Gasteiger partial charge in [0, 0.05) is 0 Å². The summed E-state index contributed by atoms with van der Waals surface area (Å²) in [6.45, 7) is 0.284. The lowest BCUT2D eigenvalue weighted by Crippen LogP contribution is -2.40. The molecule has 5 aliphatic rings. The van der Waals surface area contributed by atoms with Crippen LogP contribution in [0.3, 0.4) is 0 Å². The second-order valence-electron chi connectivity index (χ2n) is 6.50. The smallest absolute Gasteiger partial charge is 0.234 e. The molecule has 0 aromatic carbocycles. The van der Waals surface area contributed by atoms with Gasteiger partial charge in [-0.15, -0.1) is 0 Å². The molecule has 0 N–H and O–H groups in total. The van der Waals surface area contributed by atoms with Gasteiger partial charge in [0.1, 0.15) is 5.76 Å². The van der Waals surface area contributed by atoms with Crippen LogP contribution in [0.2, 0.25) is 0 Å². The number of allylic oxidation sites excluding steroid dienone is 2. The third-order valence-corrected chi connectivity index (χ3v) is 5.65. The van der Waals surface area contributed by atoms with Crippen LogP contribution in [0.15, 0.2) is 35.0 Å². The lowest BCUT2D eigenvalue weighted by Gasteiger charge is -2.37. The molecule has 2 saturated carbocycles. The average Bonchev–Trinajstić information content (AvgIpc) is 3.08. The van der Waals surface area contributed by atoms with Crippen LogP contribution in [-0.2, 0) is 16.1 Å². The predicted octanol–water partition coefficient (Wildman–Crippen LogP) is 1.83. The fourth-order valence-corrected chi connectivity index (χ4v) is 4.73. The maximum absolute atomic E-state index is 12.7. The van der Waals surface area contributed by atoms with Crippen molar-refractivity contribution in [2.24, 2.45) is 35.5 Å². The molecule has 6 atom stereocenters. The van der Waals surface area contributed by atoms with Crippen LogP contribution >= 0.6 is 0 Å². The van der Waals surface area contributed by atoms with E-state index in [1.165, 1.54) is 11.3 Å². The van der Waals surface area contributed by atoms with E-state index in [0.29, 0.717) is 29.4 Å². The first-order chi connectivity index (χ1) is 9.75. The van der Waals surface area contributed by atoms with Gasteiger partial charge in [-0.25, -0.2) is 0 Å². The zero-order chi connectivity index (χ0) is 13.4. The third kappa shape index (κ3) is 1.18. The Hall–Kier alpha value is -1.84. The van der Waals surface area contributed by atoms with E-state index in [2.05, 4.69) is 12.2 Å². The van der Waals surface area contributed by atoms with Gasteiger partial charge in [0.05, 0.1) is 24.6 Å². The molecule has 0 unspecified atom stereocenters. The summed E-state index contributed by atoms with van der Waals surface area (Å²) in [6.07, 6.45) is 7.17. The van der Waals surface area contributed by atoms with Crippen molar-refractivity contribution < 1.29 is 14.0 Å². The van der Waals surface area contributed by atoms with Crippen LogP contribution in [0.25, 0.3) is 0 Å². The number of likely N-dealkylation sites (tertiary alicyclic amines) is 1. The van der Waals surface area contributed by atoms with Gasteiger partial charge in [0.2, 0.25) is 11.8 Å². The Morgan fingerprint density at radius 3 is 2.30 bits per heavy atom. The van der Waals surface area contributed by atoms with Crippen molar-refractivity contribution in [1.29, 1.82) is 0 Å². The molecule has 1 saturated heterocycles. The normalized spacial score (nSPS) is 43.9. The van der Waals surface area contributed by atoms with Crippen LogP contribution in [-0.4, -0.2) is 16.7 Å². The molecule has 20 heavy (non-hydrogen) atoms. The summed E-state index contributed by atoms with van der Waals surface area (Å²) in [7, 11) is 0. The molecule has 2 heterocycles. The Morgan fingerprint density at radius 1 is 1.10 bits per heavy atom. The van der Waals surface area contributed by atoms with Gasteiger partial charge in [-0.2, -0.15) is 0 Å². The van der Waals surface area contributed by atoms with E-state index < -0.39 is 0 Å². The summed E-state index contributed by atoms with van der Waals surface area (Å²) < 4.78 is 5.28. The molecule has 102 valence electrons. The lowest BCUT2D eigenvalue weighted by atomic mass is 9.63. The average molecular weight is 269 g/mol. The van der Waals surface area contributed by atoms with Crippen molar-refractivity contribution in [3.63, 3.8) is 0 Å². The van der Waals surface area contributed by atoms with E-state index in [9.17, 15) is 9.59 Å². The van der Waals surface area contributed by atoms with Gasteiger partial charge in [-0.3, -0.25) is 14.5 Å². The Morgan fingerprint density at radius 2 is 1.75 bits per heavy atom. The largest absolute Gasteiger partial charge is 0.467 e. The van der Waals surface area contributed by atoms with E-state index in [0.717, 1.165) is 0 Å². The Bertz CT molecular complexity index is 596. The summed E-state index contributed by atoms with van der Waals surface area (Å²) in [5.74, 6) is 2.42. The van der Waals surface area contributed by atoms with Crippen molar-refractivity contribution >= 4 is 11.8 Å². The molecular weight excluding hydrogens is 254 g/mol. The molecule has 0 radical (unpaired) electrons. The quantitative estimate of drug-likeness (QED) is 0.608. The molecular formula is C16H15NO3. The number of carbonyl (C=O) groups excluding carboxylic acids is 2. The highest BCUT2D eigenvalue weighted by molar-refractivity contribution is 6.06. The summed E-state index contributed by atoms with van der Waals surface area (Å²) >= 11 is 0. The zero-order valence-corrected chi connectivity index (χ0v) is 10.9. The highest BCUT2D eigenvalue weighted by Crippen LogP contribution is 2.65. The molecule has 1 aliphatic heterocycles. The van der Waals surface area contributed by atoms with Crippen molar-refractivity contribution in [2.75, 3.05) is 0 Å². The number of imide groups is 1. The fourth-order valence-electron chi connectivity index (χ4n) is 4.73. The van der Waals surface area contributed by atoms with E-state index in [1.807, 2.05) is 6.07 Å². The molecule has 3 fully saturated rings. The molecule has 4 aliphatic carbocycles. The molecule has 2 bridgehead atoms. The Balaban J connectivity index is 1.51. The number of carbonyl (C=O) groups is 2. The van der Waals surface area contributed by atoms with E-state index in [-0.39, 0.29) is 30.2 Å². The minimum absolute atomic E-state index is 0.0149. The van der Waals surface area contributed by atoms with Crippen LogP contribution in [0.5, 0.6) is 0 Å². The monoisotopic (exact) mass is 269 g/mol. The van der Waals surface area contributed by atoms with Crippen LogP contribution < -0.4 is 0 Å². The Kier molecular flexibility index (Phi) is 1.87. The van der Waals surface area contributed by atoms with E-state index in [4.69, 9.17) is 4.42 Å². The number of amides is 2. The van der Waals surface area contributed by atoms with E-state index >= 15 is 0 Å². The third-order valence-electron chi connectivity index (χ3n) is 5.65. The second-order valence-corrected chi connectivity index (χ2v) is 6.50. The highest BCUT2D eigenvalue weighted by atomic mass is 16.3. The van der Waals surface area contributed by atoms with Crippen molar-refractivity contribution in [1.82, 2.24) is 4.90 Å². The molecule has 0 spiro atoms. The second kappa shape index (κ2) is 3.43. The number of nitrogens with zero attached hydrogens (tertiary/aromatic N) is 1. The maximum atomic E-state index is 12.7. The fraction of sp³-hybridized carbons (Fsp3) is 0.500. The van der Waals surface area contributed by atoms with E-state index in [1.54, 1.807) is 12.3 Å². The highest BCUT2D eigenvalue weighted by Gasteiger charge is 2.66. The minimum Gasteiger partial charge on any atom is -0.467 e.